The first kappa shape index (κ1) is 13.6. The lowest BCUT2D eigenvalue weighted by molar-refractivity contribution is -0.118. The lowest BCUT2D eigenvalue weighted by Gasteiger charge is -2.04. The largest absolute Gasteiger partial charge is 0.299 e. The second-order valence-corrected chi connectivity index (χ2v) is 6.64. The molecule has 0 spiro atoms. The SMILES string of the molecule is O=C(CCCc1cccs1)Cc1ccc2c(c1)CCC2. The number of rotatable bonds is 6. The van der Waals surface area contributed by atoms with Crippen LogP contribution < -0.4 is 0 Å². The molecule has 0 saturated carbocycles. The van der Waals surface area contributed by atoms with Crippen LogP contribution in [0.5, 0.6) is 0 Å². The summed E-state index contributed by atoms with van der Waals surface area (Å²) in [7, 11) is 0. The molecule has 2 aromatic rings. The Morgan fingerprint density at radius 2 is 2.05 bits per heavy atom. The Hall–Kier alpha value is -1.41. The maximum absolute atomic E-state index is 12.0. The van der Waals surface area contributed by atoms with Crippen molar-refractivity contribution in [3.63, 3.8) is 0 Å². The second-order valence-electron chi connectivity index (χ2n) is 5.60. The number of aryl methyl sites for hydroxylation is 3. The van der Waals surface area contributed by atoms with Crippen molar-refractivity contribution in [1.82, 2.24) is 0 Å². The number of carbonyl (C=O) groups excluding carboxylic acids is 1. The maximum atomic E-state index is 12.0. The first-order chi connectivity index (χ1) is 9.81. The summed E-state index contributed by atoms with van der Waals surface area (Å²) in [4.78, 5) is 13.4. The molecule has 1 aromatic heterocycles. The van der Waals surface area contributed by atoms with Gasteiger partial charge in [-0.05, 0) is 60.2 Å². The zero-order valence-electron chi connectivity index (χ0n) is 11.7. The fraction of sp³-hybridized carbons (Fsp3) is 0.389. The normalized spacial score (nSPS) is 13.4. The van der Waals surface area contributed by atoms with E-state index in [4.69, 9.17) is 0 Å². The molecular weight excluding hydrogens is 264 g/mol. The Kier molecular flexibility index (Phi) is 4.31. The Balaban J connectivity index is 1.49. The molecule has 104 valence electrons. The summed E-state index contributed by atoms with van der Waals surface area (Å²) in [5.41, 5.74) is 4.15. The highest BCUT2D eigenvalue weighted by Crippen LogP contribution is 2.23. The van der Waals surface area contributed by atoms with Gasteiger partial charge in [0.25, 0.3) is 0 Å². The summed E-state index contributed by atoms with van der Waals surface area (Å²) >= 11 is 1.78. The molecule has 0 N–H and O–H groups in total. The summed E-state index contributed by atoms with van der Waals surface area (Å²) in [5.74, 6) is 0.375. The number of ketones is 1. The highest BCUT2D eigenvalue weighted by atomic mass is 32.1. The average molecular weight is 284 g/mol. The molecule has 0 amide bonds. The first-order valence-corrected chi connectivity index (χ1v) is 8.34. The van der Waals surface area contributed by atoms with Crippen LogP contribution in [0.4, 0.5) is 0 Å². The van der Waals surface area contributed by atoms with Gasteiger partial charge in [0.2, 0.25) is 0 Å². The topological polar surface area (TPSA) is 17.1 Å². The van der Waals surface area contributed by atoms with E-state index in [2.05, 4.69) is 35.7 Å². The summed E-state index contributed by atoms with van der Waals surface area (Å²) in [5, 5.41) is 2.10. The molecule has 0 atom stereocenters. The third-order valence-corrected chi connectivity index (χ3v) is 4.96. The molecule has 0 unspecified atom stereocenters. The van der Waals surface area contributed by atoms with Crippen LogP contribution in [-0.4, -0.2) is 5.78 Å². The van der Waals surface area contributed by atoms with Crippen molar-refractivity contribution in [2.45, 2.75) is 44.9 Å². The average Bonchev–Trinajstić information content (AvgIpc) is 3.08. The minimum absolute atomic E-state index is 0.375. The van der Waals surface area contributed by atoms with Gasteiger partial charge in [-0.3, -0.25) is 4.79 Å². The fourth-order valence-corrected chi connectivity index (χ4v) is 3.72. The molecule has 1 nitrogen and oxygen atoms in total. The standard InChI is InChI=1S/C18H20OS/c19-17(6-2-7-18-8-3-11-20-18)13-14-9-10-15-4-1-5-16(15)12-14/h3,8-12H,1-2,4-7,13H2. The van der Waals surface area contributed by atoms with Gasteiger partial charge in [0.05, 0.1) is 0 Å². The number of hydrogen-bond acceptors (Lipinski definition) is 2. The molecule has 1 aliphatic carbocycles. The van der Waals surface area contributed by atoms with E-state index in [0.29, 0.717) is 18.6 Å². The van der Waals surface area contributed by atoms with Crippen molar-refractivity contribution >= 4 is 17.1 Å². The Morgan fingerprint density at radius 1 is 1.15 bits per heavy atom. The van der Waals surface area contributed by atoms with Crippen LogP contribution in [0.25, 0.3) is 0 Å². The van der Waals surface area contributed by atoms with Crippen molar-refractivity contribution in [1.29, 1.82) is 0 Å². The van der Waals surface area contributed by atoms with Gasteiger partial charge in [-0.1, -0.05) is 24.3 Å². The van der Waals surface area contributed by atoms with Crippen molar-refractivity contribution in [2.75, 3.05) is 0 Å². The van der Waals surface area contributed by atoms with Crippen LogP contribution in [0.2, 0.25) is 0 Å². The van der Waals surface area contributed by atoms with Crippen LogP contribution in [0.15, 0.2) is 35.7 Å². The van der Waals surface area contributed by atoms with E-state index in [0.717, 1.165) is 12.8 Å². The monoisotopic (exact) mass is 284 g/mol. The number of hydrogen-bond donors (Lipinski definition) is 0. The Labute approximate surface area is 124 Å². The van der Waals surface area contributed by atoms with E-state index in [1.54, 1.807) is 11.3 Å². The van der Waals surface area contributed by atoms with Crippen LogP contribution in [-0.2, 0) is 30.5 Å². The molecule has 2 heteroatoms. The maximum Gasteiger partial charge on any atom is 0.137 e. The smallest absolute Gasteiger partial charge is 0.137 e. The van der Waals surface area contributed by atoms with Gasteiger partial charge in [-0.15, -0.1) is 11.3 Å². The van der Waals surface area contributed by atoms with E-state index in [-0.39, 0.29) is 0 Å². The lowest BCUT2D eigenvalue weighted by atomic mass is 10.0. The zero-order chi connectivity index (χ0) is 13.8. The third kappa shape index (κ3) is 3.37. The predicted octanol–water partition coefficient (Wildman–Crippen LogP) is 4.37. The van der Waals surface area contributed by atoms with Crippen LogP contribution in [0, 0.1) is 0 Å². The van der Waals surface area contributed by atoms with E-state index >= 15 is 0 Å². The van der Waals surface area contributed by atoms with Gasteiger partial charge in [0, 0.05) is 17.7 Å². The molecule has 3 rings (SSSR count). The van der Waals surface area contributed by atoms with E-state index in [1.807, 2.05) is 0 Å². The number of benzene rings is 1. The molecule has 0 saturated heterocycles. The molecule has 0 bridgehead atoms. The van der Waals surface area contributed by atoms with Crippen LogP contribution in [0.1, 0.15) is 40.8 Å². The molecular formula is C18H20OS. The number of fused-ring (bicyclic) bond motifs is 1. The van der Waals surface area contributed by atoms with Gasteiger partial charge in [0.1, 0.15) is 5.78 Å². The van der Waals surface area contributed by atoms with Crippen molar-refractivity contribution in [3.8, 4) is 0 Å². The molecule has 1 aromatic carbocycles. The van der Waals surface area contributed by atoms with E-state index < -0.39 is 0 Å². The van der Waals surface area contributed by atoms with Crippen molar-refractivity contribution in [3.05, 3.63) is 57.3 Å². The van der Waals surface area contributed by atoms with Crippen molar-refractivity contribution in [2.24, 2.45) is 0 Å². The van der Waals surface area contributed by atoms with Gasteiger partial charge < -0.3 is 0 Å². The van der Waals surface area contributed by atoms with Crippen LogP contribution >= 0.6 is 11.3 Å². The minimum atomic E-state index is 0.375. The van der Waals surface area contributed by atoms with E-state index in [1.165, 1.54) is 40.8 Å². The summed E-state index contributed by atoms with van der Waals surface area (Å²) in [6.07, 6.45) is 7.00. The number of carbonyl (C=O) groups is 1. The molecule has 0 aliphatic heterocycles. The molecule has 20 heavy (non-hydrogen) atoms. The first-order valence-electron chi connectivity index (χ1n) is 7.46. The van der Waals surface area contributed by atoms with Gasteiger partial charge in [-0.2, -0.15) is 0 Å². The Bertz CT molecular complexity index is 583. The van der Waals surface area contributed by atoms with Gasteiger partial charge >= 0.3 is 0 Å². The number of Topliss-reactive ketones (excluding diaryl/α,β-unsaturated/α-hetero) is 1. The zero-order valence-corrected chi connectivity index (χ0v) is 12.5. The summed E-state index contributed by atoms with van der Waals surface area (Å²) in [6.45, 7) is 0. The summed E-state index contributed by atoms with van der Waals surface area (Å²) < 4.78 is 0. The highest BCUT2D eigenvalue weighted by Gasteiger charge is 2.12. The Morgan fingerprint density at radius 3 is 2.90 bits per heavy atom. The molecule has 1 heterocycles. The predicted molar refractivity (Wildman–Crippen MR) is 84.4 cm³/mol. The fourth-order valence-electron chi connectivity index (χ4n) is 2.97. The van der Waals surface area contributed by atoms with Gasteiger partial charge in [-0.25, -0.2) is 0 Å². The molecule has 0 fully saturated rings. The van der Waals surface area contributed by atoms with Gasteiger partial charge in [0.15, 0.2) is 0 Å². The lowest BCUT2D eigenvalue weighted by Crippen LogP contribution is -2.03. The highest BCUT2D eigenvalue weighted by molar-refractivity contribution is 7.09. The third-order valence-electron chi connectivity index (χ3n) is 4.02. The molecule has 1 aliphatic rings. The number of thiophene rings is 1. The van der Waals surface area contributed by atoms with E-state index in [9.17, 15) is 4.79 Å². The van der Waals surface area contributed by atoms with Crippen LogP contribution in [0.3, 0.4) is 0 Å². The van der Waals surface area contributed by atoms with Crippen molar-refractivity contribution < 1.29 is 4.79 Å². The summed E-state index contributed by atoms with van der Waals surface area (Å²) in [6, 6.07) is 10.8. The molecule has 0 radical (unpaired) electrons. The quantitative estimate of drug-likeness (QED) is 0.769. The second kappa shape index (κ2) is 6.36. The minimum Gasteiger partial charge on any atom is -0.299 e.